The van der Waals surface area contributed by atoms with E-state index in [2.05, 4.69) is 20.8 Å². The highest BCUT2D eigenvalue weighted by Gasteiger charge is 2.29. The maximum Gasteiger partial charge on any atom is 0.266 e. The van der Waals surface area contributed by atoms with Gasteiger partial charge in [0.25, 0.3) is 11.5 Å². The van der Waals surface area contributed by atoms with E-state index in [0.717, 1.165) is 23.2 Å². The second-order valence-electron chi connectivity index (χ2n) is 10.2. The number of hydrogen-bond acceptors (Lipinski definition) is 4. The fraction of sp³-hybridized carbons (Fsp3) is 0.344. The van der Waals surface area contributed by atoms with Crippen LogP contribution in [0.3, 0.4) is 0 Å². The number of aromatic nitrogens is 2. The average molecular weight is 512 g/mol. The summed E-state index contributed by atoms with van der Waals surface area (Å²) in [5, 5.41) is 0.553. The van der Waals surface area contributed by atoms with Crippen molar-refractivity contribution in [1.82, 2.24) is 14.5 Å². The molecule has 0 fully saturated rings. The van der Waals surface area contributed by atoms with Crippen molar-refractivity contribution in [2.75, 3.05) is 13.2 Å². The van der Waals surface area contributed by atoms with Crippen molar-refractivity contribution in [2.24, 2.45) is 5.92 Å². The fourth-order valence-electron chi connectivity index (χ4n) is 4.63. The maximum absolute atomic E-state index is 13.9. The topological polar surface area (TPSA) is 64.4 Å². The molecule has 0 saturated heterocycles. The molecule has 1 aromatic heterocycles. The van der Waals surface area contributed by atoms with Crippen LogP contribution in [0.5, 0.6) is 5.75 Å². The smallest absolute Gasteiger partial charge is 0.266 e. The van der Waals surface area contributed by atoms with Gasteiger partial charge in [0.05, 0.1) is 22.6 Å². The van der Waals surface area contributed by atoms with Crippen LogP contribution in [-0.2, 0) is 4.79 Å². The lowest BCUT2D eigenvalue weighted by Crippen LogP contribution is -2.41. The summed E-state index contributed by atoms with van der Waals surface area (Å²) in [4.78, 5) is 34.5. The van der Waals surface area contributed by atoms with Gasteiger partial charge < -0.3 is 9.64 Å². The van der Waals surface area contributed by atoms with Crippen LogP contribution in [0.4, 0.5) is 0 Å². The molecule has 198 valence electrons. The van der Waals surface area contributed by atoms with Crippen LogP contribution in [-0.4, -0.2) is 33.5 Å². The lowest BCUT2D eigenvalue weighted by molar-refractivity contribution is -0.136. The standard InChI is InChI=1S/C32H37N3O3/c1-6-29(34(19-18-22(2)3)30(36)21-38-26-12-8-7-9-13-26)31-33-28-15-11-10-14-27(28)32(37)35(31)25-17-16-23(4)24(5)20-25/h7-17,20,22,29H,6,18-19,21H2,1-5H3. The summed E-state index contributed by atoms with van der Waals surface area (Å²) in [5.74, 6) is 1.49. The van der Waals surface area contributed by atoms with Gasteiger partial charge in [-0.2, -0.15) is 0 Å². The quantitative estimate of drug-likeness (QED) is 0.247. The minimum atomic E-state index is -0.403. The van der Waals surface area contributed by atoms with E-state index in [4.69, 9.17) is 9.72 Å². The molecule has 1 heterocycles. The number of amides is 1. The van der Waals surface area contributed by atoms with Crippen molar-refractivity contribution in [2.45, 2.75) is 53.5 Å². The van der Waals surface area contributed by atoms with Gasteiger partial charge in [0.2, 0.25) is 0 Å². The van der Waals surface area contributed by atoms with Crippen LogP contribution in [0, 0.1) is 19.8 Å². The van der Waals surface area contributed by atoms with E-state index in [9.17, 15) is 9.59 Å². The number of nitrogens with zero attached hydrogens (tertiary/aromatic N) is 3. The Kier molecular flexibility index (Phi) is 8.62. The molecular weight excluding hydrogens is 474 g/mol. The highest BCUT2D eigenvalue weighted by atomic mass is 16.5. The Hall–Kier alpha value is -3.93. The van der Waals surface area contributed by atoms with Crippen LogP contribution >= 0.6 is 0 Å². The molecule has 0 aliphatic rings. The molecule has 0 radical (unpaired) electrons. The van der Waals surface area contributed by atoms with Crippen molar-refractivity contribution in [3.8, 4) is 11.4 Å². The van der Waals surface area contributed by atoms with Crippen LogP contribution < -0.4 is 10.3 Å². The van der Waals surface area contributed by atoms with Gasteiger partial charge in [0.15, 0.2) is 6.61 Å². The summed E-state index contributed by atoms with van der Waals surface area (Å²) >= 11 is 0. The molecule has 1 unspecified atom stereocenters. The van der Waals surface area contributed by atoms with Gasteiger partial charge in [-0.05, 0) is 80.1 Å². The highest BCUT2D eigenvalue weighted by Crippen LogP contribution is 2.28. The summed E-state index contributed by atoms with van der Waals surface area (Å²) in [6.45, 7) is 10.9. The molecule has 0 spiro atoms. The molecule has 4 rings (SSSR count). The van der Waals surface area contributed by atoms with Crippen molar-refractivity contribution in [3.05, 3.63) is 100 Å². The third kappa shape index (κ3) is 5.96. The van der Waals surface area contributed by atoms with E-state index in [-0.39, 0.29) is 18.1 Å². The molecule has 6 heteroatoms. The first kappa shape index (κ1) is 27.1. The Bertz CT molecular complexity index is 1460. The molecule has 4 aromatic rings. The lowest BCUT2D eigenvalue weighted by atomic mass is 10.1. The number of fused-ring (bicyclic) bond motifs is 1. The summed E-state index contributed by atoms with van der Waals surface area (Å²) in [6, 6.07) is 22.3. The third-order valence-electron chi connectivity index (χ3n) is 6.98. The first-order valence-corrected chi connectivity index (χ1v) is 13.4. The van der Waals surface area contributed by atoms with E-state index in [0.29, 0.717) is 41.4 Å². The Morgan fingerprint density at radius 3 is 2.37 bits per heavy atom. The first-order valence-electron chi connectivity index (χ1n) is 13.4. The Morgan fingerprint density at radius 1 is 0.974 bits per heavy atom. The predicted molar refractivity (Wildman–Crippen MR) is 153 cm³/mol. The number of carbonyl (C=O) groups is 1. The number of para-hydroxylation sites is 2. The molecule has 6 nitrogen and oxygen atoms in total. The van der Waals surface area contributed by atoms with Gasteiger partial charge in [-0.3, -0.25) is 14.2 Å². The lowest BCUT2D eigenvalue weighted by Gasteiger charge is -2.33. The number of carbonyl (C=O) groups excluding carboxylic acids is 1. The zero-order chi connectivity index (χ0) is 27.2. The summed E-state index contributed by atoms with van der Waals surface area (Å²) in [7, 11) is 0. The van der Waals surface area contributed by atoms with Gasteiger partial charge in [-0.1, -0.05) is 57.2 Å². The van der Waals surface area contributed by atoms with E-state index in [1.165, 1.54) is 0 Å². The second kappa shape index (κ2) is 12.1. The zero-order valence-corrected chi connectivity index (χ0v) is 23.0. The fourth-order valence-corrected chi connectivity index (χ4v) is 4.63. The first-order chi connectivity index (χ1) is 18.3. The van der Waals surface area contributed by atoms with E-state index in [1.807, 2.05) is 91.5 Å². The Balaban J connectivity index is 1.83. The molecule has 0 bridgehead atoms. The second-order valence-corrected chi connectivity index (χ2v) is 10.2. The monoisotopic (exact) mass is 511 g/mol. The number of aryl methyl sites for hydroxylation is 2. The van der Waals surface area contributed by atoms with Crippen molar-refractivity contribution in [3.63, 3.8) is 0 Å². The highest BCUT2D eigenvalue weighted by molar-refractivity contribution is 5.79. The number of benzene rings is 3. The van der Waals surface area contributed by atoms with Gasteiger partial charge in [-0.15, -0.1) is 0 Å². The molecular formula is C32H37N3O3. The maximum atomic E-state index is 13.9. The average Bonchev–Trinajstić information content (AvgIpc) is 2.92. The summed E-state index contributed by atoms with van der Waals surface area (Å²) < 4.78 is 7.53. The summed E-state index contributed by atoms with van der Waals surface area (Å²) in [5.41, 5.74) is 3.48. The molecule has 0 aliphatic carbocycles. The van der Waals surface area contributed by atoms with E-state index < -0.39 is 6.04 Å². The Morgan fingerprint density at radius 2 is 1.68 bits per heavy atom. The molecule has 38 heavy (non-hydrogen) atoms. The molecule has 1 atom stereocenters. The third-order valence-corrected chi connectivity index (χ3v) is 6.98. The van der Waals surface area contributed by atoms with Crippen molar-refractivity contribution in [1.29, 1.82) is 0 Å². The number of ether oxygens (including phenoxy) is 1. The van der Waals surface area contributed by atoms with Gasteiger partial charge in [0, 0.05) is 6.54 Å². The SMILES string of the molecule is CCC(c1nc2ccccc2c(=O)n1-c1ccc(C)c(C)c1)N(CCC(C)C)C(=O)COc1ccccc1. The molecule has 1 amide bonds. The van der Waals surface area contributed by atoms with Crippen LogP contribution in [0.25, 0.3) is 16.6 Å². The van der Waals surface area contributed by atoms with Gasteiger partial charge in [-0.25, -0.2) is 4.98 Å². The van der Waals surface area contributed by atoms with Crippen molar-refractivity contribution >= 4 is 16.8 Å². The largest absolute Gasteiger partial charge is 0.484 e. The van der Waals surface area contributed by atoms with E-state index >= 15 is 0 Å². The summed E-state index contributed by atoms with van der Waals surface area (Å²) in [6.07, 6.45) is 1.43. The van der Waals surface area contributed by atoms with Crippen LogP contribution in [0.15, 0.2) is 77.6 Å². The predicted octanol–water partition coefficient (Wildman–Crippen LogP) is 6.41. The molecule has 0 saturated carbocycles. The van der Waals surface area contributed by atoms with Gasteiger partial charge in [0.1, 0.15) is 11.6 Å². The minimum Gasteiger partial charge on any atom is -0.484 e. The number of hydrogen-bond donors (Lipinski definition) is 0. The Labute approximate surface area is 224 Å². The number of rotatable bonds is 10. The van der Waals surface area contributed by atoms with Gasteiger partial charge >= 0.3 is 0 Å². The van der Waals surface area contributed by atoms with Crippen LogP contribution in [0.2, 0.25) is 0 Å². The molecule has 0 aliphatic heterocycles. The normalized spacial score (nSPS) is 12.1. The van der Waals surface area contributed by atoms with Crippen molar-refractivity contribution < 1.29 is 9.53 Å². The zero-order valence-electron chi connectivity index (χ0n) is 23.0. The minimum absolute atomic E-state index is 0.0833. The molecule has 3 aromatic carbocycles. The van der Waals surface area contributed by atoms with E-state index in [1.54, 1.807) is 4.57 Å². The van der Waals surface area contributed by atoms with Crippen LogP contribution in [0.1, 0.15) is 56.6 Å². The molecule has 0 N–H and O–H groups in total.